The van der Waals surface area contributed by atoms with Crippen LogP contribution in [0.4, 0.5) is 0 Å². The van der Waals surface area contributed by atoms with Crippen LogP contribution in [-0.4, -0.2) is 5.11 Å². The number of aliphatic hydroxyl groups is 1. The van der Waals surface area contributed by atoms with Crippen LogP contribution in [0.15, 0.2) is 36.4 Å². The van der Waals surface area contributed by atoms with Crippen molar-refractivity contribution in [3.63, 3.8) is 0 Å². The van der Waals surface area contributed by atoms with Crippen molar-refractivity contribution in [2.75, 3.05) is 0 Å². The van der Waals surface area contributed by atoms with Crippen molar-refractivity contribution in [3.05, 3.63) is 47.5 Å². The van der Waals surface area contributed by atoms with Crippen LogP contribution in [0.2, 0.25) is 0 Å². The Balaban J connectivity index is 2.48. The van der Waals surface area contributed by atoms with Gasteiger partial charge >= 0.3 is 0 Å². The second-order valence-corrected chi connectivity index (χ2v) is 3.47. The molecule has 0 spiro atoms. The van der Waals surface area contributed by atoms with Crippen molar-refractivity contribution in [1.82, 2.24) is 0 Å². The Morgan fingerprint density at radius 3 is 2.75 bits per heavy atom. The van der Waals surface area contributed by atoms with E-state index in [1.54, 1.807) is 0 Å². The molecule has 0 amide bonds. The van der Waals surface area contributed by atoms with Crippen LogP contribution >= 0.6 is 0 Å². The lowest BCUT2D eigenvalue weighted by atomic mass is 9.70. The van der Waals surface area contributed by atoms with Crippen LogP contribution < -0.4 is 0 Å². The maximum atomic E-state index is 10.0. The molecule has 62 valence electrons. The van der Waals surface area contributed by atoms with Crippen LogP contribution in [0.1, 0.15) is 18.1 Å². The van der Waals surface area contributed by atoms with E-state index in [0.717, 1.165) is 17.6 Å². The largest absolute Gasteiger partial charge is 0.380 e. The van der Waals surface area contributed by atoms with Gasteiger partial charge in [0.05, 0.1) is 0 Å². The summed E-state index contributed by atoms with van der Waals surface area (Å²) in [4.78, 5) is 0. The van der Waals surface area contributed by atoms with Gasteiger partial charge in [-0.1, -0.05) is 30.8 Å². The minimum atomic E-state index is -0.739. The quantitative estimate of drug-likeness (QED) is 0.623. The standard InChI is InChI=1S/C11H12O/c1-8(2)11(12)7-9-5-3-4-6-10(9)11/h3-6,12H,1,7H2,2H3. The van der Waals surface area contributed by atoms with Gasteiger partial charge in [-0.05, 0) is 23.6 Å². The molecular formula is C11H12O. The van der Waals surface area contributed by atoms with E-state index in [1.165, 1.54) is 5.56 Å². The zero-order valence-corrected chi connectivity index (χ0v) is 7.17. The number of hydrogen-bond donors (Lipinski definition) is 1. The lowest BCUT2D eigenvalue weighted by Crippen LogP contribution is -2.39. The summed E-state index contributed by atoms with van der Waals surface area (Å²) in [6.07, 6.45) is 0.721. The smallest absolute Gasteiger partial charge is 0.114 e. The predicted molar refractivity (Wildman–Crippen MR) is 48.9 cm³/mol. The normalized spacial score (nSPS) is 25.8. The first-order valence-electron chi connectivity index (χ1n) is 4.11. The van der Waals surface area contributed by atoms with E-state index in [9.17, 15) is 5.11 Å². The van der Waals surface area contributed by atoms with Gasteiger partial charge in [-0.3, -0.25) is 0 Å². The number of benzene rings is 1. The van der Waals surface area contributed by atoms with Crippen LogP contribution in [-0.2, 0) is 12.0 Å². The molecule has 12 heavy (non-hydrogen) atoms. The Bertz CT molecular complexity index is 341. The molecule has 1 N–H and O–H groups in total. The lowest BCUT2D eigenvalue weighted by Gasteiger charge is -2.40. The molecule has 0 aliphatic heterocycles. The molecule has 1 aromatic carbocycles. The molecule has 1 aliphatic rings. The third kappa shape index (κ3) is 0.772. The molecule has 1 aromatic rings. The van der Waals surface area contributed by atoms with Gasteiger partial charge in [-0.2, -0.15) is 0 Å². The molecule has 0 radical (unpaired) electrons. The van der Waals surface area contributed by atoms with Crippen molar-refractivity contribution in [1.29, 1.82) is 0 Å². The first-order chi connectivity index (χ1) is 5.64. The summed E-state index contributed by atoms with van der Waals surface area (Å²) in [5.74, 6) is 0. The summed E-state index contributed by atoms with van der Waals surface area (Å²) in [5.41, 5.74) is 2.36. The highest BCUT2D eigenvalue weighted by Gasteiger charge is 2.40. The Kier molecular flexibility index (Phi) is 1.39. The summed E-state index contributed by atoms with van der Waals surface area (Å²) in [6, 6.07) is 7.96. The monoisotopic (exact) mass is 160 g/mol. The second kappa shape index (κ2) is 2.20. The van der Waals surface area contributed by atoms with E-state index >= 15 is 0 Å². The minimum absolute atomic E-state index is 0.721. The maximum absolute atomic E-state index is 10.0. The molecule has 1 atom stereocenters. The number of hydrogen-bond acceptors (Lipinski definition) is 1. The van der Waals surface area contributed by atoms with Gasteiger partial charge in [0.15, 0.2) is 0 Å². The number of rotatable bonds is 1. The van der Waals surface area contributed by atoms with Crippen molar-refractivity contribution < 1.29 is 5.11 Å². The molecular weight excluding hydrogens is 148 g/mol. The zero-order valence-electron chi connectivity index (χ0n) is 7.17. The van der Waals surface area contributed by atoms with Gasteiger partial charge in [0.1, 0.15) is 5.60 Å². The van der Waals surface area contributed by atoms with E-state index in [-0.39, 0.29) is 0 Å². The van der Waals surface area contributed by atoms with Crippen molar-refractivity contribution in [3.8, 4) is 0 Å². The molecule has 0 saturated carbocycles. The summed E-state index contributed by atoms with van der Waals surface area (Å²) in [7, 11) is 0. The Morgan fingerprint density at radius 2 is 2.17 bits per heavy atom. The molecule has 1 aliphatic carbocycles. The SMILES string of the molecule is C=C(C)C1(O)Cc2ccccc21. The molecule has 0 heterocycles. The Hall–Kier alpha value is -1.08. The van der Waals surface area contributed by atoms with E-state index in [2.05, 4.69) is 6.58 Å². The first-order valence-corrected chi connectivity index (χ1v) is 4.11. The molecule has 1 unspecified atom stereocenters. The van der Waals surface area contributed by atoms with E-state index in [4.69, 9.17) is 0 Å². The van der Waals surface area contributed by atoms with Gasteiger partial charge in [0, 0.05) is 6.42 Å². The second-order valence-electron chi connectivity index (χ2n) is 3.47. The van der Waals surface area contributed by atoms with E-state index in [0.29, 0.717) is 0 Å². The lowest BCUT2D eigenvalue weighted by molar-refractivity contribution is 0.0523. The topological polar surface area (TPSA) is 20.2 Å². The van der Waals surface area contributed by atoms with Crippen LogP contribution in [0.5, 0.6) is 0 Å². The zero-order chi connectivity index (χ0) is 8.77. The fourth-order valence-electron chi connectivity index (χ4n) is 1.72. The van der Waals surface area contributed by atoms with Crippen molar-refractivity contribution in [2.24, 2.45) is 0 Å². The predicted octanol–water partition coefficient (Wildman–Crippen LogP) is 2.01. The summed E-state index contributed by atoms with van der Waals surface area (Å²) >= 11 is 0. The molecule has 1 nitrogen and oxygen atoms in total. The van der Waals surface area contributed by atoms with Crippen molar-refractivity contribution in [2.45, 2.75) is 18.9 Å². The highest BCUT2D eigenvalue weighted by Crippen LogP contribution is 2.43. The number of fused-ring (bicyclic) bond motifs is 1. The molecule has 0 saturated heterocycles. The maximum Gasteiger partial charge on any atom is 0.114 e. The highest BCUT2D eigenvalue weighted by molar-refractivity contribution is 5.47. The Morgan fingerprint density at radius 1 is 1.50 bits per heavy atom. The fraction of sp³-hybridized carbons (Fsp3) is 0.273. The average molecular weight is 160 g/mol. The minimum Gasteiger partial charge on any atom is -0.380 e. The van der Waals surface area contributed by atoms with Gasteiger partial charge in [-0.15, -0.1) is 0 Å². The third-order valence-corrected chi connectivity index (χ3v) is 2.62. The van der Waals surface area contributed by atoms with Crippen molar-refractivity contribution >= 4 is 0 Å². The summed E-state index contributed by atoms with van der Waals surface area (Å²) < 4.78 is 0. The van der Waals surface area contributed by atoms with E-state index in [1.807, 2.05) is 31.2 Å². The molecule has 1 heteroatoms. The summed E-state index contributed by atoms with van der Waals surface area (Å²) in [6.45, 7) is 5.67. The molecule has 0 aromatic heterocycles. The molecule has 2 rings (SSSR count). The van der Waals surface area contributed by atoms with Gasteiger partial charge in [0.25, 0.3) is 0 Å². The highest BCUT2D eigenvalue weighted by atomic mass is 16.3. The Labute approximate surface area is 72.4 Å². The van der Waals surface area contributed by atoms with Gasteiger partial charge in [0.2, 0.25) is 0 Å². The molecule has 0 bridgehead atoms. The first kappa shape index (κ1) is 7.56. The van der Waals surface area contributed by atoms with Gasteiger partial charge < -0.3 is 5.11 Å². The van der Waals surface area contributed by atoms with Crippen LogP contribution in [0, 0.1) is 0 Å². The molecule has 0 fully saturated rings. The fourth-order valence-corrected chi connectivity index (χ4v) is 1.72. The summed E-state index contributed by atoms with van der Waals surface area (Å²) in [5, 5.41) is 10.0. The van der Waals surface area contributed by atoms with E-state index < -0.39 is 5.60 Å². The van der Waals surface area contributed by atoms with Gasteiger partial charge in [-0.25, -0.2) is 0 Å². The van der Waals surface area contributed by atoms with Crippen LogP contribution in [0.3, 0.4) is 0 Å². The van der Waals surface area contributed by atoms with Crippen LogP contribution in [0.25, 0.3) is 0 Å². The average Bonchev–Trinajstić information content (AvgIpc) is 2.02. The third-order valence-electron chi connectivity index (χ3n) is 2.62.